The van der Waals surface area contributed by atoms with Crippen molar-refractivity contribution in [2.24, 2.45) is 28.9 Å². The van der Waals surface area contributed by atoms with Gasteiger partial charge in [0.05, 0.1) is 6.42 Å². The van der Waals surface area contributed by atoms with Crippen LogP contribution in [0.2, 0.25) is 0 Å². The van der Waals surface area contributed by atoms with Crippen molar-refractivity contribution in [1.29, 1.82) is 0 Å². The lowest BCUT2D eigenvalue weighted by atomic mass is 9.47. The molecule has 3 rings (SSSR count). The summed E-state index contributed by atoms with van der Waals surface area (Å²) in [5, 5.41) is 9.01. The Morgan fingerprint density at radius 1 is 1.38 bits per heavy atom. The maximum Gasteiger partial charge on any atom is 0.303 e. The summed E-state index contributed by atoms with van der Waals surface area (Å²) in [6.45, 7) is 0.404. The number of aliphatic carboxylic acids is 1. The number of rotatable bonds is 3. The van der Waals surface area contributed by atoms with Crippen molar-refractivity contribution in [3.05, 3.63) is 0 Å². The first-order valence-electron chi connectivity index (χ1n) is 6.14. The average Bonchev–Trinajstić information content (AvgIpc) is 2.63. The molecule has 3 saturated carbocycles. The largest absolute Gasteiger partial charge is 0.481 e. The predicted molar refractivity (Wildman–Crippen MR) is 56.5 cm³/mol. The van der Waals surface area contributed by atoms with E-state index in [-0.39, 0.29) is 29.6 Å². The van der Waals surface area contributed by atoms with Crippen LogP contribution in [0.15, 0.2) is 0 Å². The molecule has 0 radical (unpaired) electrons. The molecule has 3 nitrogen and oxygen atoms in total. The van der Waals surface area contributed by atoms with Gasteiger partial charge < -0.3 is 10.8 Å². The Balaban J connectivity index is 1.91. The Kier molecular flexibility index (Phi) is 1.95. The average molecular weight is 227 g/mol. The fourth-order valence-electron chi connectivity index (χ4n) is 4.98. The molecule has 90 valence electrons. The Morgan fingerprint density at radius 2 is 1.94 bits per heavy atom. The summed E-state index contributed by atoms with van der Waals surface area (Å²) in [7, 11) is 0. The van der Waals surface area contributed by atoms with Crippen LogP contribution in [0, 0.1) is 23.2 Å². The predicted octanol–water partition coefficient (Wildman–Crippen LogP) is 1.56. The third-order valence-corrected chi connectivity index (χ3v) is 5.54. The highest BCUT2D eigenvalue weighted by atomic mass is 19.1. The lowest BCUT2D eigenvalue weighted by Crippen LogP contribution is -2.60. The quantitative estimate of drug-likeness (QED) is 0.769. The molecule has 3 N–H and O–H groups in total. The van der Waals surface area contributed by atoms with Gasteiger partial charge in [-0.1, -0.05) is 0 Å². The van der Waals surface area contributed by atoms with Gasteiger partial charge in [-0.15, -0.1) is 0 Å². The minimum Gasteiger partial charge on any atom is -0.481 e. The van der Waals surface area contributed by atoms with Gasteiger partial charge in [0.25, 0.3) is 0 Å². The smallest absolute Gasteiger partial charge is 0.303 e. The van der Waals surface area contributed by atoms with E-state index < -0.39 is 11.6 Å². The standard InChI is InChI=1S/C12H18FNO2/c13-12-3-1-7-10(12)8(2-4-12)11(7,6-14)5-9(15)16/h7-8,10H,1-6,14H2,(H,15,16)/t7-,8+,10?,11?,12?. The van der Waals surface area contributed by atoms with Gasteiger partial charge in [-0.05, 0) is 55.4 Å². The van der Waals surface area contributed by atoms with Crippen molar-refractivity contribution in [2.45, 2.75) is 37.8 Å². The van der Waals surface area contributed by atoms with Crippen LogP contribution in [0.5, 0.6) is 0 Å². The molecule has 3 unspecified atom stereocenters. The number of nitrogens with two attached hydrogens (primary N) is 1. The number of alkyl halides is 1. The first-order valence-corrected chi connectivity index (χ1v) is 6.14. The van der Waals surface area contributed by atoms with E-state index in [0.717, 1.165) is 12.8 Å². The van der Waals surface area contributed by atoms with E-state index in [4.69, 9.17) is 10.8 Å². The zero-order chi connectivity index (χ0) is 11.6. The van der Waals surface area contributed by atoms with Gasteiger partial charge in [-0.25, -0.2) is 4.39 Å². The molecule has 0 bridgehead atoms. The number of hydrogen-bond acceptors (Lipinski definition) is 2. The molecule has 0 amide bonds. The van der Waals surface area contributed by atoms with E-state index in [1.165, 1.54) is 0 Å². The summed E-state index contributed by atoms with van der Waals surface area (Å²) >= 11 is 0. The van der Waals surface area contributed by atoms with Crippen LogP contribution in [0.1, 0.15) is 32.1 Å². The normalized spacial score (nSPS) is 53.5. The molecule has 0 aromatic rings. The van der Waals surface area contributed by atoms with Gasteiger partial charge in [0.2, 0.25) is 0 Å². The summed E-state index contributed by atoms with van der Waals surface area (Å²) in [5.74, 6) is -0.209. The summed E-state index contributed by atoms with van der Waals surface area (Å²) in [6, 6.07) is 0. The van der Waals surface area contributed by atoms with Crippen molar-refractivity contribution in [3.63, 3.8) is 0 Å². The lowest BCUT2D eigenvalue weighted by molar-refractivity contribution is -0.157. The van der Waals surface area contributed by atoms with Gasteiger partial charge >= 0.3 is 5.97 Å². The van der Waals surface area contributed by atoms with Gasteiger partial charge in [-0.3, -0.25) is 4.79 Å². The molecule has 5 atom stereocenters. The fraction of sp³-hybridized carbons (Fsp3) is 0.917. The molecular weight excluding hydrogens is 209 g/mol. The highest BCUT2D eigenvalue weighted by Gasteiger charge is 2.73. The molecule has 4 heteroatoms. The van der Waals surface area contributed by atoms with E-state index in [2.05, 4.69) is 0 Å². The highest BCUT2D eigenvalue weighted by molar-refractivity contribution is 5.68. The van der Waals surface area contributed by atoms with Crippen LogP contribution in [-0.4, -0.2) is 23.3 Å². The maximum atomic E-state index is 14.4. The van der Waals surface area contributed by atoms with E-state index >= 15 is 0 Å². The van der Waals surface area contributed by atoms with E-state index in [1.54, 1.807) is 0 Å². The summed E-state index contributed by atoms with van der Waals surface area (Å²) in [4.78, 5) is 11.0. The third kappa shape index (κ3) is 0.992. The Labute approximate surface area is 94.2 Å². The second kappa shape index (κ2) is 2.97. The van der Waals surface area contributed by atoms with E-state index in [9.17, 15) is 9.18 Å². The second-order valence-corrected chi connectivity index (χ2v) is 5.86. The molecule has 0 aromatic heterocycles. The van der Waals surface area contributed by atoms with Crippen LogP contribution in [0.25, 0.3) is 0 Å². The lowest BCUT2D eigenvalue weighted by Gasteiger charge is -2.57. The monoisotopic (exact) mass is 227 g/mol. The number of carbonyl (C=O) groups is 1. The summed E-state index contributed by atoms with van der Waals surface area (Å²) < 4.78 is 14.4. The molecule has 0 heterocycles. The van der Waals surface area contributed by atoms with Crippen molar-refractivity contribution in [3.8, 4) is 0 Å². The minimum atomic E-state index is -0.980. The minimum absolute atomic E-state index is 0.121. The van der Waals surface area contributed by atoms with Crippen molar-refractivity contribution < 1.29 is 14.3 Å². The first-order chi connectivity index (χ1) is 7.53. The molecule has 0 aliphatic heterocycles. The summed E-state index contributed by atoms with van der Waals surface area (Å²) in [5.41, 5.74) is 4.54. The SMILES string of the molecule is NCC1(CC(=O)O)[C@@H]2CCC3(F)CC[C@H]1C23. The second-order valence-electron chi connectivity index (χ2n) is 5.86. The van der Waals surface area contributed by atoms with Crippen LogP contribution in [-0.2, 0) is 4.79 Å². The molecule has 0 spiro atoms. The van der Waals surface area contributed by atoms with Crippen LogP contribution in [0.4, 0.5) is 4.39 Å². The maximum absolute atomic E-state index is 14.4. The zero-order valence-electron chi connectivity index (χ0n) is 9.29. The van der Waals surface area contributed by atoms with E-state index in [0.29, 0.717) is 19.4 Å². The third-order valence-electron chi connectivity index (χ3n) is 5.54. The number of carboxylic acid groups (broad SMARTS) is 1. The fourth-order valence-corrected chi connectivity index (χ4v) is 4.98. The van der Waals surface area contributed by atoms with Gasteiger partial charge in [-0.2, -0.15) is 0 Å². The Hall–Kier alpha value is -0.640. The highest BCUT2D eigenvalue weighted by Crippen LogP contribution is 2.74. The molecule has 3 aliphatic carbocycles. The topological polar surface area (TPSA) is 63.3 Å². The number of hydrogen-bond donors (Lipinski definition) is 2. The zero-order valence-corrected chi connectivity index (χ0v) is 9.29. The molecular formula is C12H18FNO2. The van der Waals surface area contributed by atoms with Crippen molar-refractivity contribution in [2.75, 3.05) is 6.54 Å². The molecule has 3 aliphatic rings. The summed E-state index contributed by atoms with van der Waals surface area (Å²) in [6.07, 6.45) is 3.05. The van der Waals surface area contributed by atoms with Gasteiger partial charge in [0, 0.05) is 0 Å². The molecule has 16 heavy (non-hydrogen) atoms. The van der Waals surface area contributed by atoms with Crippen LogP contribution >= 0.6 is 0 Å². The van der Waals surface area contributed by atoms with Gasteiger partial charge in [0.15, 0.2) is 0 Å². The first kappa shape index (κ1) is 10.5. The van der Waals surface area contributed by atoms with E-state index in [1.807, 2.05) is 0 Å². The van der Waals surface area contributed by atoms with Crippen molar-refractivity contribution in [1.82, 2.24) is 0 Å². The molecule has 0 saturated heterocycles. The molecule has 3 fully saturated rings. The van der Waals surface area contributed by atoms with Crippen LogP contribution in [0.3, 0.4) is 0 Å². The van der Waals surface area contributed by atoms with Crippen LogP contribution < -0.4 is 5.73 Å². The number of carboxylic acids is 1. The van der Waals surface area contributed by atoms with Gasteiger partial charge in [0.1, 0.15) is 5.67 Å². The Morgan fingerprint density at radius 3 is 2.38 bits per heavy atom. The Bertz CT molecular complexity index is 328. The number of halogens is 1. The molecule has 0 aromatic carbocycles. The van der Waals surface area contributed by atoms with Crippen molar-refractivity contribution >= 4 is 5.97 Å².